The van der Waals surface area contributed by atoms with Crippen molar-refractivity contribution in [2.75, 3.05) is 18.2 Å². The Hall–Kier alpha value is -2.37. The number of halogens is 1. The average Bonchev–Trinajstić information content (AvgIpc) is 2.38. The summed E-state index contributed by atoms with van der Waals surface area (Å²) in [6.07, 6.45) is 0. The number of anilines is 2. The van der Waals surface area contributed by atoms with Crippen LogP contribution in [0.25, 0.3) is 0 Å². The number of hydrogen-bond acceptors (Lipinski definition) is 5. The van der Waals surface area contributed by atoms with Gasteiger partial charge in [-0.3, -0.25) is 0 Å². The summed E-state index contributed by atoms with van der Waals surface area (Å²) in [7, 11) is 1.50. The highest BCUT2D eigenvalue weighted by atomic mass is 19.1. The number of nitrogens with one attached hydrogen (secondary N) is 1. The van der Waals surface area contributed by atoms with E-state index in [-0.39, 0.29) is 17.8 Å². The second-order valence-electron chi connectivity index (χ2n) is 4.07. The molecule has 0 fully saturated rings. The summed E-state index contributed by atoms with van der Waals surface area (Å²) in [4.78, 5) is 7.94. The molecule has 19 heavy (non-hydrogen) atoms. The van der Waals surface area contributed by atoms with Gasteiger partial charge in [-0.15, -0.1) is 0 Å². The summed E-state index contributed by atoms with van der Waals surface area (Å²) in [5, 5.41) is 3.12. The fourth-order valence-electron chi connectivity index (χ4n) is 1.70. The molecule has 0 aliphatic heterocycles. The average molecular weight is 262 g/mol. The van der Waals surface area contributed by atoms with E-state index in [1.807, 2.05) is 13.0 Å². The van der Waals surface area contributed by atoms with Crippen LogP contribution < -0.4 is 15.8 Å². The quantitative estimate of drug-likeness (QED) is 0.885. The number of hydrogen-bond donors (Lipinski definition) is 2. The lowest BCUT2D eigenvalue weighted by molar-refractivity contribution is 0.398. The number of ether oxygens (including phenoxy) is 1. The lowest BCUT2D eigenvalue weighted by Crippen LogP contribution is -2.10. The number of nitrogens with two attached hydrogens (primary N) is 1. The SMILES string of the molecule is COc1cc(NC(C)c2cccc(F)c2)nc(N)n1. The number of nitrogens with zero attached hydrogens (tertiary/aromatic N) is 2. The van der Waals surface area contributed by atoms with Crippen molar-refractivity contribution in [1.29, 1.82) is 0 Å². The van der Waals surface area contributed by atoms with Crippen molar-refractivity contribution in [1.82, 2.24) is 9.97 Å². The third-order valence-electron chi connectivity index (χ3n) is 2.64. The molecular weight excluding hydrogens is 247 g/mol. The molecule has 0 radical (unpaired) electrons. The Bertz CT molecular complexity index is 576. The first-order chi connectivity index (χ1) is 9.08. The maximum atomic E-state index is 13.2. The first kappa shape index (κ1) is 13.1. The molecular formula is C13H15FN4O. The normalized spacial score (nSPS) is 11.9. The van der Waals surface area contributed by atoms with E-state index < -0.39 is 0 Å². The molecule has 2 rings (SSSR count). The maximum Gasteiger partial charge on any atom is 0.225 e. The van der Waals surface area contributed by atoms with Crippen molar-refractivity contribution >= 4 is 11.8 Å². The van der Waals surface area contributed by atoms with E-state index in [1.54, 1.807) is 12.1 Å². The van der Waals surface area contributed by atoms with Gasteiger partial charge < -0.3 is 15.8 Å². The van der Waals surface area contributed by atoms with Gasteiger partial charge >= 0.3 is 0 Å². The molecule has 5 nitrogen and oxygen atoms in total. The van der Waals surface area contributed by atoms with Crippen LogP contribution in [0.2, 0.25) is 0 Å². The second kappa shape index (κ2) is 5.51. The fraction of sp³-hybridized carbons (Fsp3) is 0.231. The molecule has 1 aromatic carbocycles. The smallest absolute Gasteiger partial charge is 0.225 e. The van der Waals surface area contributed by atoms with Crippen LogP contribution in [-0.4, -0.2) is 17.1 Å². The van der Waals surface area contributed by atoms with Gasteiger partial charge in [-0.1, -0.05) is 12.1 Å². The minimum absolute atomic E-state index is 0.116. The van der Waals surface area contributed by atoms with Gasteiger partial charge in [-0.05, 0) is 24.6 Å². The van der Waals surface area contributed by atoms with Gasteiger partial charge in [0.25, 0.3) is 0 Å². The molecule has 3 N–H and O–H groups in total. The van der Waals surface area contributed by atoms with Crippen molar-refractivity contribution in [2.24, 2.45) is 0 Å². The molecule has 0 amide bonds. The van der Waals surface area contributed by atoms with Crippen molar-refractivity contribution in [3.63, 3.8) is 0 Å². The van der Waals surface area contributed by atoms with Crippen LogP contribution >= 0.6 is 0 Å². The fourth-order valence-corrected chi connectivity index (χ4v) is 1.70. The maximum absolute atomic E-state index is 13.2. The Labute approximate surface area is 110 Å². The Balaban J connectivity index is 2.18. The Morgan fingerprint density at radius 1 is 1.32 bits per heavy atom. The lowest BCUT2D eigenvalue weighted by Gasteiger charge is -2.15. The lowest BCUT2D eigenvalue weighted by atomic mass is 10.1. The largest absolute Gasteiger partial charge is 0.481 e. The first-order valence-electron chi connectivity index (χ1n) is 5.79. The summed E-state index contributed by atoms with van der Waals surface area (Å²) in [6.45, 7) is 1.90. The summed E-state index contributed by atoms with van der Waals surface area (Å²) >= 11 is 0. The second-order valence-corrected chi connectivity index (χ2v) is 4.07. The molecule has 0 spiro atoms. The highest BCUT2D eigenvalue weighted by Crippen LogP contribution is 2.21. The van der Waals surface area contributed by atoms with E-state index in [2.05, 4.69) is 15.3 Å². The van der Waals surface area contributed by atoms with Gasteiger partial charge in [-0.25, -0.2) is 4.39 Å². The standard InChI is InChI=1S/C13H15FN4O/c1-8(9-4-3-5-10(14)6-9)16-11-7-12(19-2)18-13(15)17-11/h3-8H,1-2H3,(H3,15,16,17,18). The summed E-state index contributed by atoms with van der Waals surface area (Å²) in [5.41, 5.74) is 6.39. The van der Waals surface area contributed by atoms with Crippen LogP contribution in [0.4, 0.5) is 16.2 Å². The van der Waals surface area contributed by atoms with Crippen molar-refractivity contribution in [3.05, 3.63) is 41.7 Å². The molecule has 6 heteroatoms. The highest BCUT2D eigenvalue weighted by molar-refractivity contribution is 5.44. The minimum Gasteiger partial charge on any atom is -0.481 e. The molecule has 1 heterocycles. The van der Waals surface area contributed by atoms with Crippen molar-refractivity contribution < 1.29 is 9.13 Å². The Morgan fingerprint density at radius 3 is 2.79 bits per heavy atom. The predicted octanol–water partition coefficient (Wildman–Crippen LogP) is 2.38. The predicted molar refractivity (Wildman–Crippen MR) is 71.4 cm³/mol. The monoisotopic (exact) mass is 262 g/mol. The molecule has 0 saturated heterocycles. The molecule has 1 atom stereocenters. The molecule has 0 saturated carbocycles. The summed E-state index contributed by atoms with van der Waals surface area (Å²) < 4.78 is 18.2. The Kier molecular flexibility index (Phi) is 3.79. The third-order valence-corrected chi connectivity index (χ3v) is 2.64. The van der Waals surface area contributed by atoms with Gasteiger partial charge in [-0.2, -0.15) is 9.97 Å². The third kappa shape index (κ3) is 3.31. The van der Waals surface area contributed by atoms with Crippen LogP contribution in [0.3, 0.4) is 0 Å². The van der Waals surface area contributed by atoms with Gasteiger partial charge in [0, 0.05) is 6.07 Å². The van der Waals surface area contributed by atoms with Crippen LogP contribution in [-0.2, 0) is 0 Å². The molecule has 100 valence electrons. The molecule has 0 bridgehead atoms. The molecule has 1 unspecified atom stereocenters. The topological polar surface area (TPSA) is 73.1 Å². The van der Waals surface area contributed by atoms with Crippen LogP contribution in [0.5, 0.6) is 5.88 Å². The van der Waals surface area contributed by atoms with E-state index in [4.69, 9.17) is 10.5 Å². The molecule has 0 aliphatic carbocycles. The van der Waals surface area contributed by atoms with E-state index >= 15 is 0 Å². The number of benzene rings is 1. The molecule has 2 aromatic rings. The number of methoxy groups -OCH3 is 1. The van der Waals surface area contributed by atoms with Gasteiger partial charge in [0.2, 0.25) is 11.8 Å². The zero-order valence-corrected chi connectivity index (χ0v) is 10.7. The summed E-state index contributed by atoms with van der Waals surface area (Å²) in [6, 6.07) is 7.89. The first-order valence-corrected chi connectivity index (χ1v) is 5.79. The van der Waals surface area contributed by atoms with E-state index in [1.165, 1.54) is 19.2 Å². The highest BCUT2D eigenvalue weighted by Gasteiger charge is 2.09. The van der Waals surface area contributed by atoms with E-state index in [0.717, 1.165) is 5.56 Å². The van der Waals surface area contributed by atoms with E-state index in [9.17, 15) is 4.39 Å². The van der Waals surface area contributed by atoms with Crippen LogP contribution in [0, 0.1) is 5.82 Å². The van der Waals surface area contributed by atoms with Crippen molar-refractivity contribution in [2.45, 2.75) is 13.0 Å². The summed E-state index contributed by atoms with van der Waals surface area (Å²) in [5.74, 6) is 0.752. The number of nitrogen functional groups attached to an aromatic ring is 1. The molecule has 1 aromatic heterocycles. The number of aromatic nitrogens is 2. The number of rotatable bonds is 4. The zero-order valence-electron chi connectivity index (χ0n) is 10.7. The van der Waals surface area contributed by atoms with Crippen LogP contribution in [0.1, 0.15) is 18.5 Å². The van der Waals surface area contributed by atoms with E-state index in [0.29, 0.717) is 11.7 Å². The molecule has 0 aliphatic rings. The van der Waals surface area contributed by atoms with Gasteiger partial charge in [0.15, 0.2) is 0 Å². The van der Waals surface area contributed by atoms with Gasteiger partial charge in [0.1, 0.15) is 11.6 Å². The Morgan fingerprint density at radius 2 is 2.11 bits per heavy atom. The van der Waals surface area contributed by atoms with Crippen LogP contribution in [0.15, 0.2) is 30.3 Å². The zero-order chi connectivity index (χ0) is 13.8. The van der Waals surface area contributed by atoms with Gasteiger partial charge in [0.05, 0.1) is 13.2 Å². The van der Waals surface area contributed by atoms with Crippen molar-refractivity contribution in [3.8, 4) is 5.88 Å². The minimum atomic E-state index is -0.272.